The topological polar surface area (TPSA) is 50.4 Å². The molecule has 100 valence electrons. The van der Waals surface area contributed by atoms with Gasteiger partial charge in [-0.1, -0.05) is 24.3 Å². The molecule has 0 aliphatic carbocycles. The molecule has 0 spiro atoms. The number of nitrogens with zero attached hydrogens (tertiary/aromatic N) is 3. The molecule has 0 saturated heterocycles. The van der Waals surface area contributed by atoms with Gasteiger partial charge in [-0.05, 0) is 18.2 Å². The summed E-state index contributed by atoms with van der Waals surface area (Å²) in [6, 6.07) is 13.6. The van der Waals surface area contributed by atoms with E-state index < -0.39 is 0 Å². The minimum absolute atomic E-state index is 0.232. The van der Waals surface area contributed by atoms with Crippen LogP contribution in [-0.2, 0) is 13.6 Å². The SMILES string of the molecule is Cn1c(O)c(C=NCc2ccccn2)c2ccccc21. The first-order chi connectivity index (χ1) is 9.77. The van der Waals surface area contributed by atoms with Crippen LogP contribution >= 0.6 is 0 Å². The van der Waals surface area contributed by atoms with Crippen molar-refractivity contribution in [2.24, 2.45) is 12.0 Å². The van der Waals surface area contributed by atoms with Crippen LogP contribution in [0, 0.1) is 0 Å². The largest absolute Gasteiger partial charge is 0.494 e. The number of para-hydroxylation sites is 1. The number of benzene rings is 1. The highest BCUT2D eigenvalue weighted by Gasteiger charge is 2.11. The van der Waals surface area contributed by atoms with Crippen LogP contribution in [0.4, 0.5) is 0 Å². The van der Waals surface area contributed by atoms with E-state index in [9.17, 15) is 5.11 Å². The molecule has 3 aromatic rings. The van der Waals surface area contributed by atoms with Crippen LogP contribution in [0.25, 0.3) is 10.9 Å². The van der Waals surface area contributed by atoms with Crippen LogP contribution in [0.15, 0.2) is 53.7 Å². The summed E-state index contributed by atoms with van der Waals surface area (Å²) in [7, 11) is 1.84. The minimum atomic E-state index is 0.232. The Morgan fingerprint density at radius 3 is 2.80 bits per heavy atom. The number of aromatic nitrogens is 2. The number of fused-ring (bicyclic) bond motifs is 1. The van der Waals surface area contributed by atoms with Gasteiger partial charge in [0.15, 0.2) is 0 Å². The molecule has 0 bridgehead atoms. The molecule has 0 unspecified atom stereocenters. The molecule has 3 rings (SSSR count). The van der Waals surface area contributed by atoms with Gasteiger partial charge in [0.2, 0.25) is 5.88 Å². The van der Waals surface area contributed by atoms with Crippen molar-refractivity contribution >= 4 is 17.1 Å². The third-order valence-electron chi connectivity index (χ3n) is 3.31. The molecule has 0 atom stereocenters. The van der Waals surface area contributed by atoms with Crippen molar-refractivity contribution in [3.63, 3.8) is 0 Å². The van der Waals surface area contributed by atoms with E-state index in [4.69, 9.17) is 0 Å². The lowest BCUT2D eigenvalue weighted by Gasteiger charge is -1.96. The fraction of sp³-hybridized carbons (Fsp3) is 0.125. The van der Waals surface area contributed by atoms with E-state index in [-0.39, 0.29) is 5.88 Å². The van der Waals surface area contributed by atoms with Crippen molar-refractivity contribution in [3.05, 3.63) is 59.9 Å². The van der Waals surface area contributed by atoms with Gasteiger partial charge in [0.05, 0.1) is 23.3 Å². The maximum Gasteiger partial charge on any atom is 0.200 e. The smallest absolute Gasteiger partial charge is 0.200 e. The van der Waals surface area contributed by atoms with E-state index in [1.54, 1.807) is 17.0 Å². The number of rotatable bonds is 3. The first-order valence-corrected chi connectivity index (χ1v) is 6.43. The van der Waals surface area contributed by atoms with E-state index in [2.05, 4.69) is 9.98 Å². The predicted molar refractivity (Wildman–Crippen MR) is 80.1 cm³/mol. The molecule has 4 nitrogen and oxygen atoms in total. The molecule has 2 aromatic heterocycles. The molecule has 0 amide bonds. The third-order valence-corrected chi connectivity index (χ3v) is 3.31. The van der Waals surface area contributed by atoms with Crippen LogP contribution in [0.3, 0.4) is 0 Å². The highest BCUT2D eigenvalue weighted by atomic mass is 16.3. The Hall–Kier alpha value is -2.62. The average Bonchev–Trinajstić information content (AvgIpc) is 2.74. The Bertz CT molecular complexity index is 760. The zero-order valence-corrected chi connectivity index (χ0v) is 11.2. The monoisotopic (exact) mass is 265 g/mol. The van der Waals surface area contributed by atoms with Crippen LogP contribution in [-0.4, -0.2) is 20.9 Å². The molecule has 4 heteroatoms. The maximum atomic E-state index is 10.2. The van der Waals surface area contributed by atoms with Gasteiger partial charge in [0.25, 0.3) is 0 Å². The third kappa shape index (κ3) is 2.16. The van der Waals surface area contributed by atoms with Gasteiger partial charge in [-0.3, -0.25) is 9.98 Å². The number of hydrogen-bond donors (Lipinski definition) is 1. The van der Waals surface area contributed by atoms with E-state index in [0.29, 0.717) is 6.54 Å². The lowest BCUT2D eigenvalue weighted by Crippen LogP contribution is -1.88. The fourth-order valence-corrected chi connectivity index (χ4v) is 2.26. The van der Waals surface area contributed by atoms with E-state index in [0.717, 1.165) is 22.2 Å². The van der Waals surface area contributed by atoms with E-state index in [1.165, 1.54) is 0 Å². The second-order valence-corrected chi connectivity index (χ2v) is 4.60. The summed E-state index contributed by atoms with van der Waals surface area (Å²) >= 11 is 0. The fourth-order valence-electron chi connectivity index (χ4n) is 2.26. The first-order valence-electron chi connectivity index (χ1n) is 6.43. The zero-order valence-electron chi connectivity index (χ0n) is 11.2. The molecule has 20 heavy (non-hydrogen) atoms. The second kappa shape index (κ2) is 5.17. The van der Waals surface area contributed by atoms with Crippen molar-refractivity contribution in [1.82, 2.24) is 9.55 Å². The van der Waals surface area contributed by atoms with Crippen molar-refractivity contribution in [3.8, 4) is 5.88 Å². The van der Waals surface area contributed by atoms with Crippen molar-refractivity contribution in [1.29, 1.82) is 0 Å². The lowest BCUT2D eigenvalue weighted by molar-refractivity contribution is 0.434. The summed E-state index contributed by atoms with van der Waals surface area (Å²) in [6.45, 7) is 0.503. The Morgan fingerprint density at radius 2 is 2.00 bits per heavy atom. The number of aliphatic imine (C=N–C) groups is 1. The Labute approximate surface area is 117 Å². The quantitative estimate of drug-likeness (QED) is 0.740. The molecule has 0 aliphatic heterocycles. The van der Waals surface area contributed by atoms with Gasteiger partial charge < -0.3 is 9.67 Å². The molecular formula is C16H15N3O. The highest BCUT2D eigenvalue weighted by molar-refractivity contribution is 6.02. The Kier molecular flexibility index (Phi) is 3.21. The number of aromatic hydroxyl groups is 1. The van der Waals surface area contributed by atoms with Gasteiger partial charge in [0.1, 0.15) is 0 Å². The lowest BCUT2D eigenvalue weighted by atomic mass is 10.2. The van der Waals surface area contributed by atoms with Crippen molar-refractivity contribution in [2.75, 3.05) is 0 Å². The van der Waals surface area contributed by atoms with Gasteiger partial charge >= 0.3 is 0 Å². The summed E-state index contributed by atoms with van der Waals surface area (Å²) in [5.74, 6) is 0.232. The number of hydrogen-bond acceptors (Lipinski definition) is 3. The van der Waals surface area contributed by atoms with Gasteiger partial charge in [0, 0.05) is 24.8 Å². The zero-order chi connectivity index (χ0) is 13.9. The summed E-state index contributed by atoms with van der Waals surface area (Å²) in [4.78, 5) is 8.59. The Morgan fingerprint density at radius 1 is 1.20 bits per heavy atom. The van der Waals surface area contributed by atoms with Crippen LogP contribution in [0.5, 0.6) is 5.88 Å². The molecule has 0 saturated carbocycles. The molecule has 0 radical (unpaired) electrons. The van der Waals surface area contributed by atoms with Crippen molar-refractivity contribution in [2.45, 2.75) is 6.54 Å². The maximum absolute atomic E-state index is 10.2. The normalized spacial score (nSPS) is 11.4. The molecular weight excluding hydrogens is 250 g/mol. The minimum Gasteiger partial charge on any atom is -0.494 e. The standard InChI is InChI=1S/C16H15N3O/c1-19-15-8-3-2-7-13(15)14(16(19)20)11-17-10-12-6-4-5-9-18-12/h2-9,11,20H,10H2,1H3. The molecule has 0 aliphatic rings. The molecule has 1 N–H and O–H groups in total. The molecule has 1 aromatic carbocycles. The van der Waals surface area contributed by atoms with Crippen LogP contribution in [0.1, 0.15) is 11.3 Å². The van der Waals surface area contributed by atoms with Gasteiger partial charge in [-0.15, -0.1) is 0 Å². The predicted octanol–water partition coefficient (Wildman–Crippen LogP) is 2.90. The van der Waals surface area contributed by atoms with Crippen molar-refractivity contribution < 1.29 is 5.11 Å². The van der Waals surface area contributed by atoms with Crippen LogP contribution < -0.4 is 0 Å². The van der Waals surface area contributed by atoms with E-state index in [1.807, 2.05) is 49.5 Å². The summed E-state index contributed by atoms with van der Waals surface area (Å²) in [6.07, 6.45) is 3.46. The number of pyridine rings is 1. The second-order valence-electron chi connectivity index (χ2n) is 4.60. The molecule has 0 fully saturated rings. The van der Waals surface area contributed by atoms with Gasteiger partial charge in [-0.2, -0.15) is 0 Å². The summed E-state index contributed by atoms with van der Waals surface area (Å²) < 4.78 is 1.76. The number of aryl methyl sites for hydroxylation is 1. The summed E-state index contributed by atoms with van der Waals surface area (Å²) in [5, 5.41) is 11.2. The van der Waals surface area contributed by atoms with E-state index >= 15 is 0 Å². The Balaban J connectivity index is 1.93. The average molecular weight is 265 g/mol. The summed E-state index contributed by atoms with van der Waals surface area (Å²) in [5.41, 5.74) is 2.65. The molecule has 2 heterocycles. The van der Waals surface area contributed by atoms with Gasteiger partial charge in [-0.25, -0.2) is 0 Å². The highest BCUT2D eigenvalue weighted by Crippen LogP contribution is 2.28. The first kappa shape index (κ1) is 12.4. The van der Waals surface area contributed by atoms with Crippen LogP contribution in [0.2, 0.25) is 0 Å².